The minimum absolute atomic E-state index is 0.681. The van der Waals surface area contributed by atoms with Gasteiger partial charge in [-0.2, -0.15) is 0 Å². The van der Waals surface area contributed by atoms with Gasteiger partial charge in [0.05, 0.1) is 18.3 Å². The van der Waals surface area contributed by atoms with Crippen LogP contribution in [0.3, 0.4) is 0 Å². The second-order valence-corrected chi connectivity index (χ2v) is 2.53. The van der Waals surface area contributed by atoms with Crippen molar-refractivity contribution in [2.24, 2.45) is 0 Å². The fourth-order valence-electron chi connectivity index (χ4n) is 1.18. The zero-order valence-corrected chi connectivity index (χ0v) is 6.87. The fraction of sp³-hybridized carbons (Fsp3) is 0.222. The largest absolute Gasteiger partial charge is 0.479 e. The summed E-state index contributed by atoms with van der Waals surface area (Å²) in [7, 11) is 0. The van der Waals surface area contributed by atoms with E-state index in [1.807, 2.05) is 19.1 Å². The highest BCUT2D eigenvalue weighted by Crippen LogP contribution is 2.18. The number of nitrogens with zero attached hydrogens (tertiary/aromatic N) is 1. The normalized spacial score (nSPS) is 10.4. The molecule has 3 nitrogen and oxygen atoms in total. The van der Waals surface area contributed by atoms with Crippen LogP contribution < -0.4 is 4.74 Å². The van der Waals surface area contributed by atoms with Crippen LogP contribution in [0.4, 0.5) is 0 Å². The van der Waals surface area contributed by atoms with Gasteiger partial charge in [0, 0.05) is 17.6 Å². The number of rotatable bonds is 2. The number of nitrogens with one attached hydrogen (secondary N) is 1. The molecule has 2 aromatic rings. The molecule has 12 heavy (non-hydrogen) atoms. The summed E-state index contributed by atoms with van der Waals surface area (Å²) in [6.45, 7) is 2.64. The number of ether oxygens (including phenoxy) is 1. The molecule has 3 heteroatoms. The van der Waals surface area contributed by atoms with Gasteiger partial charge >= 0.3 is 0 Å². The zero-order chi connectivity index (χ0) is 8.39. The molecule has 62 valence electrons. The Bertz CT molecular complexity index is 348. The summed E-state index contributed by atoms with van der Waals surface area (Å²) in [5.41, 5.74) is 1.01. The zero-order valence-electron chi connectivity index (χ0n) is 6.87. The van der Waals surface area contributed by atoms with Crippen LogP contribution in [0, 0.1) is 0 Å². The van der Waals surface area contributed by atoms with Crippen molar-refractivity contribution in [3.05, 3.63) is 24.5 Å². The first kappa shape index (κ1) is 7.16. The van der Waals surface area contributed by atoms with Crippen molar-refractivity contribution in [3.8, 4) is 5.88 Å². The van der Waals surface area contributed by atoms with E-state index < -0.39 is 0 Å². The average Bonchev–Trinajstić information content (AvgIpc) is 2.47. The Hall–Kier alpha value is -1.51. The summed E-state index contributed by atoms with van der Waals surface area (Å²) in [6.07, 6.45) is 3.56. The molecule has 0 spiro atoms. The molecule has 0 aliphatic rings. The molecule has 2 heterocycles. The first-order valence-corrected chi connectivity index (χ1v) is 3.95. The highest BCUT2D eigenvalue weighted by atomic mass is 16.5. The van der Waals surface area contributed by atoms with Crippen LogP contribution in [0.15, 0.2) is 24.5 Å². The van der Waals surface area contributed by atoms with Gasteiger partial charge in [-0.25, -0.2) is 0 Å². The maximum absolute atomic E-state index is 5.31. The molecule has 0 atom stereocenters. The van der Waals surface area contributed by atoms with Gasteiger partial charge in [-0.15, -0.1) is 0 Å². The summed E-state index contributed by atoms with van der Waals surface area (Å²) in [5.74, 6) is 0.806. The van der Waals surface area contributed by atoms with E-state index in [0.29, 0.717) is 6.61 Å². The van der Waals surface area contributed by atoms with Gasteiger partial charge in [-0.05, 0) is 13.0 Å². The molecule has 2 rings (SSSR count). The number of hydrogen-bond acceptors (Lipinski definition) is 2. The summed E-state index contributed by atoms with van der Waals surface area (Å²) in [4.78, 5) is 7.11. The molecule has 0 aliphatic heterocycles. The van der Waals surface area contributed by atoms with E-state index in [-0.39, 0.29) is 0 Å². The van der Waals surface area contributed by atoms with Crippen molar-refractivity contribution < 1.29 is 4.74 Å². The van der Waals surface area contributed by atoms with Crippen molar-refractivity contribution in [2.45, 2.75) is 6.92 Å². The van der Waals surface area contributed by atoms with Crippen molar-refractivity contribution in [3.63, 3.8) is 0 Å². The van der Waals surface area contributed by atoms with Crippen LogP contribution in [0.5, 0.6) is 5.88 Å². The van der Waals surface area contributed by atoms with Gasteiger partial charge in [0.2, 0.25) is 0 Å². The SMILES string of the molecule is CCOc1cc2ccncc2[nH]1. The van der Waals surface area contributed by atoms with E-state index in [2.05, 4.69) is 9.97 Å². The molecule has 2 aromatic heterocycles. The molecule has 0 saturated carbocycles. The smallest absolute Gasteiger partial charge is 0.191 e. The van der Waals surface area contributed by atoms with Crippen LogP contribution >= 0.6 is 0 Å². The lowest BCUT2D eigenvalue weighted by Crippen LogP contribution is -1.89. The first-order valence-electron chi connectivity index (χ1n) is 3.95. The quantitative estimate of drug-likeness (QED) is 0.733. The van der Waals surface area contributed by atoms with E-state index in [1.165, 1.54) is 0 Å². The molecule has 0 amide bonds. The van der Waals surface area contributed by atoms with Crippen LogP contribution in [0.1, 0.15) is 6.92 Å². The lowest BCUT2D eigenvalue weighted by atomic mass is 10.3. The Morgan fingerprint density at radius 2 is 2.50 bits per heavy atom. The standard InChI is InChI=1S/C9H10N2O/c1-2-12-9-5-7-3-4-10-6-8(7)11-9/h3-6,11H,2H2,1H3. The minimum Gasteiger partial charge on any atom is -0.479 e. The summed E-state index contributed by atoms with van der Waals surface area (Å²) >= 11 is 0. The predicted molar refractivity (Wildman–Crippen MR) is 47.3 cm³/mol. The van der Waals surface area contributed by atoms with E-state index in [1.54, 1.807) is 12.4 Å². The summed E-state index contributed by atoms with van der Waals surface area (Å²) < 4.78 is 5.31. The molecule has 0 aliphatic carbocycles. The molecule has 0 unspecified atom stereocenters. The van der Waals surface area contributed by atoms with Crippen LogP contribution in [-0.2, 0) is 0 Å². The van der Waals surface area contributed by atoms with E-state index in [9.17, 15) is 0 Å². The Kier molecular flexibility index (Phi) is 1.70. The molecule has 0 saturated heterocycles. The number of aromatic amines is 1. The Labute approximate surface area is 70.4 Å². The maximum atomic E-state index is 5.31. The molecule has 0 radical (unpaired) electrons. The second-order valence-electron chi connectivity index (χ2n) is 2.53. The molecule has 0 bridgehead atoms. The van der Waals surface area contributed by atoms with Gasteiger partial charge in [0.15, 0.2) is 5.88 Å². The lowest BCUT2D eigenvalue weighted by molar-refractivity contribution is 0.329. The van der Waals surface area contributed by atoms with Crippen LogP contribution in [0.25, 0.3) is 10.9 Å². The highest BCUT2D eigenvalue weighted by molar-refractivity contribution is 5.80. The topological polar surface area (TPSA) is 37.9 Å². The third kappa shape index (κ3) is 1.13. The second kappa shape index (κ2) is 2.85. The number of H-pyrrole nitrogens is 1. The molecular formula is C9H10N2O. The van der Waals surface area contributed by atoms with Crippen molar-refractivity contribution in [2.75, 3.05) is 6.61 Å². The van der Waals surface area contributed by atoms with Crippen molar-refractivity contribution in [1.82, 2.24) is 9.97 Å². The van der Waals surface area contributed by atoms with E-state index >= 15 is 0 Å². The monoisotopic (exact) mass is 162 g/mol. The molecule has 0 fully saturated rings. The average molecular weight is 162 g/mol. The first-order chi connectivity index (χ1) is 5.90. The Morgan fingerprint density at radius 1 is 1.58 bits per heavy atom. The third-order valence-electron chi connectivity index (χ3n) is 1.70. The van der Waals surface area contributed by atoms with Crippen LogP contribution in [0.2, 0.25) is 0 Å². The highest BCUT2D eigenvalue weighted by Gasteiger charge is 1.98. The number of fused-ring (bicyclic) bond motifs is 1. The van der Waals surface area contributed by atoms with Gasteiger partial charge < -0.3 is 9.72 Å². The van der Waals surface area contributed by atoms with Crippen molar-refractivity contribution >= 4 is 10.9 Å². The Morgan fingerprint density at radius 3 is 3.25 bits per heavy atom. The van der Waals surface area contributed by atoms with Gasteiger partial charge in [-0.1, -0.05) is 0 Å². The predicted octanol–water partition coefficient (Wildman–Crippen LogP) is 1.96. The number of pyridine rings is 1. The summed E-state index contributed by atoms with van der Waals surface area (Å²) in [5, 5.41) is 1.13. The van der Waals surface area contributed by atoms with Gasteiger partial charge in [-0.3, -0.25) is 4.98 Å². The Balaban J connectivity index is 2.47. The number of aromatic nitrogens is 2. The van der Waals surface area contributed by atoms with Gasteiger partial charge in [0.1, 0.15) is 0 Å². The number of hydrogen-bond donors (Lipinski definition) is 1. The fourth-order valence-corrected chi connectivity index (χ4v) is 1.18. The lowest BCUT2D eigenvalue weighted by Gasteiger charge is -1.95. The molecular weight excluding hydrogens is 152 g/mol. The summed E-state index contributed by atoms with van der Waals surface area (Å²) in [6, 6.07) is 3.93. The van der Waals surface area contributed by atoms with Gasteiger partial charge in [0.25, 0.3) is 0 Å². The van der Waals surface area contributed by atoms with Crippen LogP contribution in [-0.4, -0.2) is 16.6 Å². The third-order valence-corrected chi connectivity index (χ3v) is 1.70. The van der Waals surface area contributed by atoms with Crippen molar-refractivity contribution in [1.29, 1.82) is 0 Å². The maximum Gasteiger partial charge on any atom is 0.191 e. The van der Waals surface area contributed by atoms with E-state index in [4.69, 9.17) is 4.74 Å². The van der Waals surface area contributed by atoms with E-state index in [0.717, 1.165) is 16.8 Å². The molecule has 1 N–H and O–H groups in total. The molecule has 0 aromatic carbocycles. The minimum atomic E-state index is 0.681.